The standard InChI is InChI=1S/C14H21N/c1-13(2,3)14(7-8-14)10-11-5-4-6-12(15)9-11/h4-6,9H,7-8,10,15H2,1-3H3. The fraction of sp³-hybridized carbons (Fsp3) is 0.571. The van der Waals surface area contributed by atoms with Gasteiger partial charge in [0.2, 0.25) is 0 Å². The second-order valence-electron chi connectivity index (χ2n) is 5.95. The minimum absolute atomic E-state index is 0.414. The lowest BCUT2D eigenvalue weighted by atomic mass is 9.74. The van der Waals surface area contributed by atoms with Crippen LogP contribution in [-0.2, 0) is 6.42 Å². The molecule has 0 aliphatic heterocycles. The first-order chi connectivity index (χ1) is 6.93. The van der Waals surface area contributed by atoms with E-state index in [0.29, 0.717) is 10.8 Å². The molecule has 15 heavy (non-hydrogen) atoms. The van der Waals surface area contributed by atoms with Crippen LogP contribution >= 0.6 is 0 Å². The summed E-state index contributed by atoms with van der Waals surface area (Å²) in [7, 11) is 0. The summed E-state index contributed by atoms with van der Waals surface area (Å²) in [6.45, 7) is 7.06. The van der Waals surface area contributed by atoms with Crippen LogP contribution in [-0.4, -0.2) is 0 Å². The molecule has 0 radical (unpaired) electrons. The molecule has 1 aromatic carbocycles. The molecule has 1 fully saturated rings. The molecular formula is C14H21N. The average Bonchev–Trinajstić information content (AvgIpc) is 2.84. The summed E-state index contributed by atoms with van der Waals surface area (Å²) in [6.07, 6.45) is 3.91. The van der Waals surface area contributed by atoms with Gasteiger partial charge in [0.15, 0.2) is 0 Å². The van der Waals surface area contributed by atoms with E-state index in [1.165, 1.54) is 24.8 Å². The molecule has 0 aromatic heterocycles. The van der Waals surface area contributed by atoms with Gasteiger partial charge in [0.05, 0.1) is 0 Å². The maximum Gasteiger partial charge on any atom is 0.0316 e. The number of anilines is 1. The Morgan fingerprint density at radius 2 is 1.93 bits per heavy atom. The first-order valence-corrected chi connectivity index (χ1v) is 5.77. The van der Waals surface area contributed by atoms with E-state index in [1.54, 1.807) is 0 Å². The normalized spacial score (nSPS) is 18.9. The van der Waals surface area contributed by atoms with Crippen LogP contribution in [0.15, 0.2) is 24.3 Å². The van der Waals surface area contributed by atoms with E-state index in [0.717, 1.165) is 5.69 Å². The minimum atomic E-state index is 0.414. The van der Waals surface area contributed by atoms with E-state index in [-0.39, 0.29) is 0 Å². The zero-order valence-electron chi connectivity index (χ0n) is 10.0. The molecule has 1 saturated carbocycles. The molecule has 1 nitrogen and oxygen atoms in total. The molecule has 0 atom stereocenters. The lowest BCUT2D eigenvalue weighted by Gasteiger charge is -2.31. The van der Waals surface area contributed by atoms with E-state index < -0.39 is 0 Å². The van der Waals surface area contributed by atoms with Gasteiger partial charge in [-0.05, 0) is 47.8 Å². The predicted octanol–water partition coefficient (Wildman–Crippen LogP) is 3.64. The highest BCUT2D eigenvalue weighted by Gasteiger charge is 2.51. The van der Waals surface area contributed by atoms with Crippen molar-refractivity contribution < 1.29 is 0 Å². The summed E-state index contributed by atoms with van der Waals surface area (Å²) in [6, 6.07) is 8.33. The van der Waals surface area contributed by atoms with Gasteiger partial charge in [-0.1, -0.05) is 32.9 Å². The lowest BCUT2D eigenvalue weighted by molar-refractivity contribution is 0.212. The topological polar surface area (TPSA) is 26.0 Å². The highest BCUT2D eigenvalue weighted by Crippen LogP contribution is 2.60. The lowest BCUT2D eigenvalue weighted by Crippen LogP contribution is -2.24. The molecule has 0 amide bonds. The highest BCUT2D eigenvalue weighted by atomic mass is 14.6. The molecule has 1 heteroatoms. The summed E-state index contributed by atoms with van der Waals surface area (Å²) in [4.78, 5) is 0. The summed E-state index contributed by atoms with van der Waals surface area (Å²) in [5, 5.41) is 0. The van der Waals surface area contributed by atoms with Gasteiger partial charge in [0.25, 0.3) is 0 Å². The Bertz CT molecular complexity index is 356. The monoisotopic (exact) mass is 203 g/mol. The van der Waals surface area contributed by atoms with Crippen molar-refractivity contribution in [1.29, 1.82) is 0 Å². The van der Waals surface area contributed by atoms with Crippen molar-refractivity contribution in [3.63, 3.8) is 0 Å². The van der Waals surface area contributed by atoms with Gasteiger partial charge >= 0.3 is 0 Å². The van der Waals surface area contributed by atoms with E-state index >= 15 is 0 Å². The van der Waals surface area contributed by atoms with E-state index in [4.69, 9.17) is 5.73 Å². The van der Waals surface area contributed by atoms with Crippen LogP contribution in [0.5, 0.6) is 0 Å². The third-order valence-electron chi connectivity index (χ3n) is 3.94. The minimum Gasteiger partial charge on any atom is -0.399 e. The molecule has 2 rings (SSSR count). The molecule has 1 aromatic rings. The number of hydrogen-bond acceptors (Lipinski definition) is 1. The first-order valence-electron chi connectivity index (χ1n) is 5.77. The van der Waals surface area contributed by atoms with Crippen molar-refractivity contribution in [1.82, 2.24) is 0 Å². The van der Waals surface area contributed by atoms with Crippen LogP contribution in [0.25, 0.3) is 0 Å². The van der Waals surface area contributed by atoms with Crippen LogP contribution in [0.4, 0.5) is 5.69 Å². The molecular weight excluding hydrogens is 182 g/mol. The Morgan fingerprint density at radius 1 is 1.27 bits per heavy atom. The summed E-state index contributed by atoms with van der Waals surface area (Å²) in [5.74, 6) is 0. The Morgan fingerprint density at radius 3 is 2.40 bits per heavy atom. The van der Waals surface area contributed by atoms with Crippen LogP contribution in [0.1, 0.15) is 39.2 Å². The Hall–Kier alpha value is -0.980. The smallest absolute Gasteiger partial charge is 0.0316 e. The number of rotatable bonds is 2. The maximum absolute atomic E-state index is 5.81. The second kappa shape index (κ2) is 3.26. The Kier molecular flexibility index (Phi) is 2.29. The summed E-state index contributed by atoms with van der Waals surface area (Å²) >= 11 is 0. The van der Waals surface area contributed by atoms with E-state index in [2.05, 4.69) is 39.0 Å². The van der Waals surface area contributed by atoms with Crippen LogP contribution in [0.2, 0.25) is 0 Å². The molecule has 0 bridgehead atoms. The first kappa shape index (κ1) is 10.5. The van der Waals surface area contributed by atoms with Gasteiger partial charge in [-0.3, -0.25) is 0 Å². The number of nitrogen functional groups attached to an aromatic ring is 1. The van der Waals surface area contributed by atoms with Crippen LogP contribution in [0, 0.1) is 10.8 Å². The number of benzene rings is 1. The van der Waals surface area contributed by atoms with Crippen molar-refractivity contribution >= 4 is 5.69 Å². The number of hydrogen-bond donors (Lipinski definition) is 1. The molecule has 2 N–H and O–H groups in total. The summed E-state index contributed by atoms with van der Waals surface area (Å²) in [5.41, 5.74) is 9.03. The summed E-state index contributed by atoms with van der Waals surface area (Å²) < 4.78 is 0. The molecule has 0 heterocycles. The molecule has 0 spiro atoms. The van der Waals surface area contributed by atoms with Gasteiger partial charge < -0.3 is 5.73 Å². The zero-order chi connectivity index (χ0) is 11.1. The Balaban J connectivity index is 2.16. The van der Waals surface area contributed by atoms with Gasteiger partial charge in [-0.2, -0.15) is 0 Å². The zero-order valence-corrected chi connectivity index (χ0v) is 10.0. The van der Waals surface area contributed by atoms with E-state index in [9.17, 15) is 0 Å². The fourth-order valence-corrected chi connectivity index (χ4v) is 2.44. The quantitative estimate of drug-likeness (QED) is 0.730. The highest BCUT2D eigenvalue weighted by molar-refractivity contribution is 5.41. The van der Waals surface area contributed by atoms with Gasteiger partial charge in [0.1, 0.15) is 0 Å². The van der Waals surface area contributed by atoms with Gasteiger partial charge in [-0.25, -0.2) is 0 Å². The van der Waals surface area contributed by atoms with Gasteiger partial charge in [0, 0.05) is 5.69 Å². The largest absolute Gasteiger partial charge is 0.399 e. The maximum atomic E-state index is 5.81. The SMILES string of the molecule is CC(C)(C)C1(Cc2cccc(N)c2)CC1. The van der Waals surface area contributed by atoms with Crippen molar-refractivity contribution in [3.8, 4) is 0 Å². The molecule has 0 unspecified atom stereocenters. The third-order valence-corrected chi connectivity index (χ3v) is 3.94. The van der Waals surface area contributed by atoms with Crippen LogP contribution < -0.4 is 5.73 Å². The average molecular weight is 203 g/mol. The van der Waals surface area contributed by atoms with Gasteiger partial charge in [-0.15, -0.1) is 0 Å². The van der Waals surface area contributed by atoms with Crippen molar-refractivity contribution in [2.75, 3.05) is 5.73 Å². The molecule has 1 aliphatic carbocycles. The van der Waals surface area contributed by atoms with Crippen molar-refractivity contribution in [2.45, 2.75) is 40.0 Å². The van der Waals surface area contributed by atoms with Crippen molar-refractivity contribution in [3.05, 3.63) is 29.8 Å². The number of nitrogens with two attached hydrogens (primary N) is 1. The predicted molar refractivity (Wildman–Crippen MR) is 65.7 cm³/mol. The Labute approximate surface area is 92.7 Å². The second-order valence-corrected chi connectivity index (χ2v) is 5.95. The molecule has 82 valence electrons. The molecule has 0 saturated heterocycles. The third kappa shape index (κ3) is 2.01. The van der Waals surface area contributed by atoms with Crippen molar-refractivity contribution in [2.24, 2.45) is 10.8 Å². The fourth-order valence-electron chi connectivity index (χ4n) is 2.44. The molecule has 1 aliphatic rings. The van der Waals surface area contributed by atoms with E-state index in [1.807, 2.05) is 6.07 Å². The van der Waals surface area contributed by atoms with Crippen LogP contribution in [0.3, 0.4) is 0 Å².